The highest BCUT2D eigenvalue weighted by atomic mass is 16.4. The summed E-state index contributed by atoms with van der Waals surface area (Å²) >= 11 is 0. The highest BCUT2D eigenvalue weighted by molar-refractivity contribution is 5.71. The molecule has 0 amide bonds. The van der Waals surface area contributed by atoms with Crippen molar-refractivity contribution < 1.29 is 15.0 Å². The van der Waals surface area contributed by atoms with Crippen molar-refractivity contribution in [3.05, 3.63) is 0 Å². The number of carboxylic acid groups (broad SMARTS) is 1. The zero-order chi connectivity index (χ0) is 12.0. The predicted octanol–water partition coefficient (Wildman–Crippen LogP) is 2.43. The number of aliphatic hydroxyl groups is 1. The number of rotatable bonds is 4. The van der Waals surface area contributed by atoms with Crippen molar-refractivity contribution in [3.8, 4) is 0 Å². The van der Waals surface area contributed by atoms with Gasteiger partial charge in [0.25, 0.3) is 0 Å². The Morgan fingerprint density at radius 3 is 2.00 bits per heavy atom. The van der Waals surface area contributed by atoms with E-state index in [0.29, 0.717) is 11.8 Å². The molecule has 17 heavy (non-hydrogen) atoms. The minimum atomic E-state index is -1.15. The van der Waals surface area contributed by atoms with Gasteiger partial charge in [0, 0.05) is 0 Å². The summed E-state index contributed by atoms with van der Waals surface area (Å²) in [5.41, 5.74) is 0.394. The van der Waals surface area contributed by atoms with E-state index < -0.39 is 12.1 Å². The maximum atomic E-state index is 10.7. The molecule has 4 aliphatic carbocycles. The van der Waals surface area contributed by atoms with Crippen LogP contribution >= 0.6 is 0 Å². The van der Waals surface area contributed by atoms with Gasteiger partial charge in [0.2, 0.25) is 0 Å². The summed E-state index contributed by atoms with van der Waals surface area (Å²) in [7, 11) is 0. The normalized spacial score (nSPS) is 44.9. The second kappa shape index (κ2) is 3.98. The number of aliphatic carboxylic acids is 1. The fraction of sp³-hybridized carbons (Fsp3) is 0.929. The zero-order valence-electron chi connectivity index (χ0n) is 10.3. The molecule has 0 aromatic carbocycles. The highest BCUT2D eigenvalue weighted by Crippen LogP contribution is 2.61. The zero-order valence-corrected chi connectivity index (χ0v) is 10.3. The van der Waals surface area contributed by atoms with Crippen molar-refractivity contribution in [3.63, 3.8) is 0 Å². The third-order valence-corrected chi connectivity index (χ3v) is 5.40. The number of hydrogen-bond acceptors (Lipinski definition) is 2. The summed E-state index contributed by atoms with van der Waals surface area (Å²) in [6.07, 6.45) is 8.36. The number of hydrogen-bond donors (Lipinski definition) is 2. The lowest BCUT2D eigenvalue weighted by molar-refractivity contribution is -0.147. The third kappa shape index (κ3) is 2.10. The molecule has 4 fully saturated rings. The van der Waals surface area contributed by atoms with Gasteiger partial charge >= 0.3 is 5.97 Å². The van der Waals surface area contributed by atoms with Gasteiger partial charge in [-0.25, -0.2) is 4.79 Å². The molecule has 4 rings (SSSR count). The van der Waals surface area contributed by atoms with E-state index in [9.17, 15) is 9.90 Å². The molecule has 0 aromatic rings. The van der Waals surface area contributed by atoms with E-state index in [2.05, 4.69) is 0 Å². The van der Waals surface area contributed by atoms with Crippen LogP contribution in [0.25, 0.3) is 0 Å². The van der Waals surface area contributed by atoms with Crippen LogP contribution in [0.15, 0.2) is 0 Å². The average Bonchev–Trinajstić information content (AvgIpc) is 2.24. The van der Waals surface area contributed by atoms with E-state index in [1.807, 2.05) is 0 Å². The Morgan fingerprint density at radius 1 is 1.12 bits per heavy atom. The summed E-state index contributed by atoms with van der Waals surface area (Å²) in [5.74, 6) is 1.66. The van der Waals surface area contributed by atoms with Gasteiger partial charge in [-0.15, -0.1) is 0 Å². The smallest absolute Gasteiger partial charge is 0.332 e. The highest BCUT2D eigenvalue weighted by Gasteiger charge is 2.50. The summed E-state index contributed by atoms with van der Waals surface area (Å²) in [6.45, 7) is 0. The molecule has 3 heteroatoms. The molecule has 0 aliphatic heterocycles. The maximum absolute atomic E-state index is 10.7. The topological polar surface area (TPSA) is 57.5 Å². The van der Waals surface area contributed by atoms with E-state index in [1.54, 1.807) is 0 Å². The lowest BCUT2D eigenvalue weighted by Crippen LogP contribution is -2.46. The standard InChI is InChI=1S/C14H22O3/c15-12(13(16)17)1-2-14-6-9-3-10(7-14)5-11(4-9)8-14/h9-12,15H,1-8H2,(H,16,17). The lowest BCUT2D eigenvalue weighted by atomic mass is 9.48. The molecule has 4 aliphatic rings. The molecule has 2 N–H and O–H groups in total. The fourth-order valence-electron chi connectivity index (χ4n) is 5.16. The van der Waals surface area contributed by atoms with Crippen LogP contribution in [0, 0.1) is 23.2 Å². The first-order valence-electron chi connectivity index (χ1n) is 6.97. The Labute approximate surface area is 102 Å². The van der Waals surface area contributed by atoms with Crippen molar-refractivity contribution in [2.45, 2.75) is 57.5 Å². The van der Waals surface area contributed by atoms with Gasteiger partial charge in [0.1, 0.15) is 0 Å². The van der Waals surface area contributed by atoms with E-state index in [1.165, 1.54) is 38.5 Å². The van der Waals surface area contributed by atoms with Gasteiger partial charge in [-0.2, -0.15) is 0 Å². The average molecular weight is 238 g/mol. The van der Waals surface area contributed by atoms with E-state index in [0.717, 1.165) is 24.2 Å². The van der Waals surface area contributed by atoms with Gasteiger partial charge in [0.05, 0.1) is 0 Å². The fourth-order valence-corrected chi connectivity index (χ4v) is 5.16. The molecule has 96 valence electrons. The second-order valence-electron chi connectivity index (χ2n) is 6.81. The van der Waals surface area contributed by atoms with Crippen LogP contribution in [-0.4, -0.2) is 22.3 Å². The van der Waals surface area contributed by atoms with Crippen LogP contribution in [0.1, 0.15) is 51.4 Å². The van der Waals surface area contributed by atoms with E-state index in [-0.39, 0.29) is 0 Å². The van der Waals surface area contributed by atoms with Crippen LogP contribution in [0.3, 0.4) is 0 Å². The molecule has 0 radical (unpaired) electrons. The van der Waals surface area contributed by atoms with Crippen LogP contribution in [0.2, 0.25) is 0 Å². The molecule has 4 bridgehead atoms. The number of carboxylic acids is 1. The third-order valence-electron chi connectivity index (χ3n) is 5.40. The molecule has 0 aromatic heterocycles. The van der Waals surface area contributed by atoms with Gasteiger partial charge in [0.15, 0.2) is 6.10 Å². The van der Waals surface area contributed by atoms with Crippen molar-refractivity contribution in [1.29, 1.82) is 0 Å². The second-order valence-corrected chi connectivity index (χ2v) is 6.81. The molecular formula is C14H22O3. The molecule has 0 spiro atoms. The van der Waals surface area contributed by atoms with E-state index in [4.69, 9.17) is 5.11 Å². The maximum Gasteiger partial charge on any atom is 0.332 e. The first-order valence-corrected chi connectivity index (χ1v) is 6.97. The number of aliphatic hydroxyl groups excluding tert-OH is 1. The van der Waals surface area contributed by atoms with Crippen molar-refractivity contribution in [1.82, 2.24) is 0 Å². The Hall–Kier alpha value is -0.570. The van der Waals surface area contributed by atoms with Gasteiger partial charge in [-0.3, -0.25) is 0 Å². The van der Waals surface area contributed by atoms with Crippen LogP contribution in [0.4, 0.5) is 0 Å². The minimum Gasteiger partial charge on any atom is -0.479 e. The Bertz CT molecular complexity index is 288. The first-order chi connectivity index (χ1) is 8.06. The minimum absolute atomic E-state index is 0.394. The van der Waals surface area contributed by atoms with Gasteiger partial charge in [-0.05, 0) is 74.5 Å². The summed E-state index contributed by atoms with van der Waals surface area (Å²) in [5, 5.41) is 18.2. The first kappa shape index (κ1) is 11.5. The number of carbonyl (C=O) groups is 1. The quantitative estimate of drug-likeness (QED) is 0.791. The molecule has 3 nitrogen and oxygen atoms in total. The van der Waals surface area contributed by atoms with Crippen molar-refractivity contribution >= 4 is 5.97 Å². The summed E-state index contributed by atoms with van der Waals surface area (Å²) < 4.78 is 0. The summed E-state index contributed by atoms with van der Waals surface area (Å²) in [6, 6.07) is 0. The monoisotopic (exact) mass is 238 g/mol. The Kier molecular flexibility index (Phi) is 2.69. The van der Waals surface area contributed by atoms with E-state index >= 15 is 0 Å². The molecule has 0 saturated heterocycles. The molecular weight excluding hydrogens is 216 g/mol. The summed E-state index contributed by atoms with van der Waals surface area (Å²) in [4.78, 5) is 10.7. The van der Waals surface area contributed by atoms with Gasteiger partial charge < -0.3 is 10.2 Å². The van der Waals surface area contributed by atoms with Crippen molar-refractivity contribution in [2.75, 3.05) is 0 Å². The largest absolute Gasteiger partial charge is 0.479 e. The molecule has 1 atom stereocenters. The van der Waals surface area contributed by atoms with Gasteiger partial charge in [-0.1, -0.05) is 0 Å². The van der Waals surface area contributed by atoms with Crippen LogP contribution in [-0.2, 0) is 4.79 Å². The molecule has 0 heterocycles. The Balaban J connectivity index is 1.64. The van der Waals surface area contributed by atoms with Crippen LogP contribution in [0.5, 0.6) is 0 Å². The Morgan fingerprint density at radius 2 is 1.59 bits per heavy atom. The predicted molar refractivity (Wildman–Crippen MR) is 63.5 cm³/mol. The van der Waals surface area contributed by atoms with Crippen molar-refractivity contribution in [2.24, 2.45) is 23.2 Å². The molecule has 1 unspecified atom stereocenters. The van der Waals surface area contributed by atoms with Crippen LogP contribution < -0.4 is 0 Å². The SMILES string of the molecule is O=C(O)C(O)CCC12CC3CC(CC(C3)C1)C2. The molecule has 4 saturated carbocycles. The lowest BCUT2D eigenvalue weighted by Gasteiger charge is -2.57.